The fraction of sp³-hybridized carbons (Fsp3) is 0.545. The molecule has 0 aliphatic carbocycles. The third kappa shape index (κ3) is 3.85. The second kappa shape index (κ2) is 6.92. The Kier molecular flexibility index (Phi) is 4.73. The summed E-state index contributed by atoms with van der Waals surface area (Å²) in [5.74, 6) is 0.0349. The van der Waals surface area contributed by atoms with Crippen molar-refractivity contribution in [3.05, 3.63) is 6.20 Å². The van der Waals surface area contributed by atoms with Gasteiger partial charge in [-0.15, -0.1) is 10.2 Å². The van der Waals surface area contributed by atoms with E-state index in [2.05, 4.69) is 25.5 Å². The molecule has 1 saturated heterocycles. The van der Waals surface area contributed by atoms with Gasteiger partial charge in [0, 0.05) is 5.75 Å². The van der Waals surface area contributed by atoms with E-state index in [0.29, 0.717) is 9.47 Å². The molecule has 1 aliphatic heterocycles. The highest BCUT2D eigenvalue weighted by Crippen LogP contribution is 2.23. The third-order valence-corrected chi connectivity index (χ3v) is 4.91. The van der Waals surface area contributed by atoms with Gasteiger partial charge in [0.15, 0.2) is 4.34 Å². The molecule has 22 heavy (non-hydrogen) atoms. The first kappa shape index (κ1) is 15.0. The molecule has 0 aromatic carbocycles. The first-order valence-corrected chi connectivity index (χ1v) is 8.61. The third-order valence-electron chi connectivity index (χ3n) is 3.04. The number of rotatable bonds is 5. The summed E-state index contributed by atoms with van der Waals surface area (Å²) in [6.07, 6.45) is 5.12. The summed E-state index contributed by atoms with van der Waals surface area (Å²) in [6, 6.07) is 0. The number of nitrogens with zero attached hydrogens (tertiary/aromatic N) is 6. The molecule has 3 rings (SSSR count). The second-order valence-corrected chi connectivity index (χ2v) is 6.91. The Bertz CT molecular complexity index is 650. The lowest BCUT2D eigenvalue weighted by molar-refractivity contribution is -0.759. The fourth-order valence-corrected chi connectivity index (χ4v) is 3.47. The SMILES string of the molecule is Nc1nnc(SC/C([O-])=N\c2c[n+](N3CCCCC3)no2)s1. The summed E-state index contributed by atoms with van der Waals surface area (Å²) in [6.45, 7) is 1.86. The Morgan fingerprint density at radius 2 is 2.27 bits per heavy atom. The van der Waals surface area contributed by atoms with Crippen LogP contribution in [0.5, 0.6) is 0 Å². The minimum absolute atomic E-state index is 0.152. The van der Waals surface area contributed by atoms with E-state index in [4.69, 9.17) is 10.3 Å². The van der Waals surface area contributed by atoms with Crippen LogP contribution in [0.4, 0.5) is 11.0 Å². The quantitative estimate of drug-likeness (QED) is 0.341. The molecule has 1 aliphatic rings. The van der Waals surface area contributed by atoms with Crippen molar-refractivity contribution in [2.75, 3.05) is 29.6 Å². The van der Waals surface area contributed by atoms with Crippen LogP contribution in [0.3, 0.4) is 0 Å². The number of nitrogens with two attached hydrogens (primary N) is 1. The van der Waals surface area contributed by atoms with E-state index in [9.17, 15) is 5.11 Å². The largest absolute Gasteiger partial charge is 0.861 e. The van der Waals surface area contributed by atoms with Crippen LogP contribution in [0.15, 0.2) is 20.1 Å². The molecule has 0 radical (unpaired) electrons. The molecule has 11 heteroatoms. The summed E-state index contributed by atoms with van der Waals surface area (Å²) in [5, 5.41) is 25.6. The van der Waals surface area contributed by atoms with Gasteiger partial charge in [0.2, 0.25) is 10.4 Å². The Morgan fingerprint density at radius 3 is 3.00 bits per heavy atom. The minimum Gasteiger partial charge on any atom is -0.861 e. The number of aliphatic imine (C=N–C) groups is 1. The second-order valence-electron chi connectivity index (χ2n) is 4.68. The average Bonchev–Trinajstić information content (AvgIpc) is 3.15. The van der Waals surface area contributed by atoms with Gasteiger partial charge in [-0.1, -0.05) is 23.1 Å². The van der Waals surface area contributed by atoms with Crippen molar-refractivity contribution in [3.8, 4) is 0 Å². The van der Waals surface area contributed by atoms with Crippen molar-refractivity contribution >= 4 is 40.0 Å². The van der Waals surface area contributed by atoms with Crippen LogP contribution < -0.4 is 20.6 Å². The van der Waals surface area contributed by atoms with Crippen molar-refractivity contribution in [2.45, 2.75) is 23.6 Å². The number of anilines is 1. The Balaban J connectivity index is 1.57. The number of nitrogen functional groups attached to an aromatic ring is 1. The topological polar surface area (TPSA) is 120 Å². The van der Waals surface area contributed by atoms with Gasteiger partial charge in [-0.05, 0) is 25.2 Å². The summed E-state index contributed by atoms with van der Waals surface area (Å²) in [4.78, 5) is 5.50. The zero-order chi connectivity index (χ0) is 15.4. The van der Waals surface area contributed by atoms with Crippen LogP contribution in [0, 0.1) is 0 Å². The highest BCUT2D eigenvalue weighted by Gasteiger charge is 2.22. The van der Waals surface area contributed by atoms with Crippen molar-refractivity contribution in [3.63, 3.8) is 0 Å². The van der Waals surface area contributed by atoms with Crippen LogP contribution >= 0.6 is 23.1 Å². The molecule has 0 spiro atoms. The van der Waals surface area contributed by atoms with E-state index in [1.807, 2.05) is 0 Å². The number of hydrogen-bond donors (Lipinski definition) is 1. The first-order valence-electron chi connectivity index (χ1n) is 6.81. The van der Waals surface area contributed by atoms with Gasteiger partial charge in [0.25, 0.3) is 6.20 Å². The molecule has 3 heterocycles. The molecule has 0 amide bonds. The number of piperidine rings is 1. The number of hydrogen-bond acceptors (Lipinski definition) is 10. The molecule has 0 saturated carbocycles. The maximum absolute atomic E-state index is 11.8. The normalized spacial score (nSPS) is 16.2. The summed E-state index contributed by atoms with van der Waals surface area (Å²) >= 11 is 2.48. The standard InChI is InChI=1S/C11H15N7O2S2/c12-10-14-15-11(22-10)21-7-8(19)13-9-6-18(16-20-9)17-4-2-1-3-5-17/h6H,1-5,7H2,(H2-,12,13,14,16,19). The molecule has 118 valence electrons. The van der Waals surface area contributed by atoms with E-state index in [0.717, 1.165) is 25.9 Å². The average molecular weight is 341 g/mol. The summed E-state index contributed by atoms with van der Waals surface area (Å²) in [7, 11) is 0. The molecule has 9 nitrogen and oxygen atoms in total. The van der Waals surface area contributed by atoms with Gasteiger partial charge in [0.05, 0.1) is 17.9 Å². The van der Waals surface area contributed by atoms with Gasteiger partial charge >= 0.3 is 5.88 Å². The van der Waals surface area contributed by atoms with Gasteiger partial charge in [-0.3, -0.25) is 4.52 Å². The van der Waals surface area contributed by atoms with Crippen molar-refractivity contribution in [1.82, 2.24) is 15.5 Å². The Hall–Kier alpha value is -1.88. The van der Waals surface area contributed by atoms with Crippen LogP contribution in [-0.4, -0.2) is 40.2 Å². The molecule has 0 unspecified atom stereocenters. The maximum atomic E-state index is 11.8. The minimum atomic E-state index is -0.319. The highest BCUT2D eigenvalue weighted by molar-refractivity contribution is 8.01. The van der Waals surface area contributed by atoms with Crippen LogP contribution in [0.2, 0.25) is 0 Å². The van der Waals surface area contributed by atoms with Gasteiger partial charge in [-0.25, -0.2) is 4.99 Å². The number of aromatic nitrogens is 4. The Morgan fingerprint density at radius 1 is 1.45 bits per heavy atom. The summed E-state index contributed by atoms with van der Waals surface area (Å²) in [5.41, 5.74) is 5.47. The van der Waals surface area contributed by atoms with E-state index >= 15 is 0 Å². The van der Waals surface area contributed by atoms with E-state index in [1.165, 1.54) is 29.5 Å². The first-order chi connectivity index (χ1) is 10.7. The Labute approximate surface area is 134 Å². The molecule has 2 aromatic heterocycles. The molecule has 2 N–H and O–H groups in total. The lowest BCUT2D eigenvalue weighted by Gasteiger charge is -2.17. The van der Waals surface area contributed by atoms with Gasteiger partial charge < -0.3 is 10.8 Å². The molecular formula is C11H15N7O2S2. The van der Waals surface area contributed by atoms with Gasteiger partial charge in [0.1, 0.15) is 0 Å². The molecule has 2 aromatic rings. The molecule has 1 fully saturated rings. The lowest BCUT2D eigenvalue weighted by Crippen LogP contribution is -2.60. The van der Waals surface area contributed by atoms with Crippen molar-refractivity contribution in [1.29, 1.82) is 0 Å². The van der Waals surface area contributed by atoms with Crippen molar-refractivity contribution in [2.24, 2.45) is 4.99 Å². The monoisotopic (exact) mass is 341 g/mol. The van der Waals surface area contributed by atoms with Crippen LogP contribution in [0.25, 0.3) is 0 Å². The van der Waals surface area contributed by atoms with E-state index < -0.39 is 0 Å². The van der Waals surface area contributed by atoms with Crippen molar-refractivity contribution < 1.29 is 14.4 Å². The predicted molar refractivity (Wildman–Crippen MR) is 80.6 cm³/mol. The highest BCUT2D eigenvalue weighted by atomic mass is 32.2. The molecule has 0 atom stereocenters. The fourth-order valence-electron chi connectivity index (χ4n) is 2.05. The predicted octanol–water partition coefficient (Wildman–Crippen LogP) is -0.300. The van der Waals surface area contributed by atoms with Crippen LogP contribution in [-0.2, 0) is 0 Å². The summed E-state index contributed by atoms with van der Waals surface area (Å²) < 4.78 is 5.71. The van der Waals surface area contributed by atoms with Gasteiger partial charge in [-0.2, -0.15) is 5.01 Å². The number of thioether (sulfide) groups is 1. The van der Waals surface area contributed by atoms with Crippen LogP contribution in [0.1, 0.15) is 19.3 Å². The smallest absolute Gasteiger partial charge is 0.324 e. The zero-order valence-electron chi connectivity index (χ0n) is 11.7. The molecule has 0 bridgehead atoms. The maximum Gasteiger partial charge on any atom is 0.324 e. The van der Waals surface area contributed by atoms with E-state index in [-0.39, 0.29) is 17.5 Å². The zero-order valence-corrected chi connectivity index (χ0v) is 13.3. The van der Waals surface area contributed by atoms with E-state index in [1.54, 1.807) is 11.0 Å². The lowest BCUT2D eigenvalue weighted by atomic mass is 10.2. The molecular weight excluding hydrogens is 326 g/mol.